The number of hydrogen-bond donors (Lipinski definition) is 2. The average Bonchev–Trinajstić information content (AvgIpc) is 2.69. The van der Waals surface area contributed by atoms with Crippen molar-refractivity contribution in [3.05, 3.63) is 65.9 Å². The Morgan fingerprint density at radius 2 is 1.79 bits per heavy atom. The minimum absolute atomic E-state index is 0.563. The van der Waals surface area contributed by atoms with Gasteiger partial charge in [-0.15, -0.1) is 0 Å². The number of aryl methyl sites for hydroxylation is 1. The largest absolute Gasteiger partial charge is 0.497 e. The maximum absolute atomic E-state index is 5.47. The Bertz CT molecular complexity index is 897. The SMILES string of the molecule is CCOc1ccc(Nc2nc(C)cc(NCCc3cccc(OC)c3)n2)cc1. The first-order valence-corrected chi connectivity index (χ1v) is 9.38. The van der Waals surface area contributed by atoms with E-state index < -0.39 is 0 Å². The lowest BCUT2D eigenvalue weighted by Gasteiger charge is -2.11. The van der Waals surface area contributed by atoms with Gasteiger partial charge in [0.15, 0.2) is 0 Å². The van der Waals surface area contributed by atoms with Crippen LogP contribution in [-0.2, 0) is 6.42 Å². The summed E-state index contributed by atoms with van der Waals surface area (Å²) < 4.78 is 10.7. The summed E-state index contributed by atoms with van der Waals surface area (Å²) in [6, 6.07) is 17.8. The van der Waals surface area contributed by atoms with E-state index in [9.17, 15) is 0 Å². The molecule has 28 heavy (non-hydrogen) atoms. The summed E-state index contributed by atoms with van der Waals surface area (Å²) in [6.45, 7) is 5.35. The first kappa shape index (κ1) is 19.5. The summed E-state index contributed by atoms with van der Waals surface area (Å²) in [5, 5.41) is 6.61. The van der Waals surface area contributed by atoms with Crippen LogP contribution in [0.4, 0.5) is 17.5 Å². The number of methoxy groups -OCH3 is 1. The molecule has 0 spiro atoms. The van der Waals surface area contributed by atoms with Gasteiger partial charge in [0.05, 0.1) is 13.7 Å². The zero-order valence-corrected chi connectivity index (χ0v) is 16.5. The van der Waals surface area contributed by atoms with Gasteiger partial charge in [0, 0.05) is 24.0 Å². The van der Waals surface area contributed by atoms with Gasteiger partial charge >= 0.3 is 0 Å². The van der Waals surface area contributed by atoms with Gasteiger partial charge in [-0.25, -0.2) is 4.98 Å². The molecule has 0 amide bonds. The highest BCUT2D eigenvalue weighted by atomic mass is 16.5. The highest BCUT2D eigenvalue weighted by molar-refractivity contribution is 5.56. The molecule has 6 heteroatoms. The molecule has 0 fully saturated rings. The van der Waals surface area contributed by atoms with E-state index in [1.165, 1.54) is 5.56 Å². The predicted octanol–water partition coefficient (Wildman–Crippen LogP) is 4.59. The third-order valence-electron chi connectivity index (χ3n) is 4.13. The van der Waals surface area contributed by atoms with Crippen LogP contribution in [0.1, 0.15) is 18.2 Å². The van der Waals surface area contributed by atoms with Gasteiger partial charge in [0.2, 0.25) is 5.95 Å². The molecule has 0 aliphatic carbocycles. The van der Waals surface area contributed by atoms with Crippen LogP contribution in [0.3, 0.4) is 0 Å². The van der Waals surface area contributed by atoms with Gasteiger partial charge in [-0.3, -0.25) is 0 Å². The summed E-state index contributed by atoms with van der Waals surface area (Å²) in [6.07, 6.45) is 0.877. The van der Waals surface area contributed by atoms with Crippen LogP contribution in [0.15, 0.2) is 54.6 Å². The van der Waals surface area contributed by atoms with E-state index in [4.69, 9.17) is 9.47 Å². The third-order valence-corrected chi connectivity index (χ3v) is 4.13. The van der Waals surface area contributed by atoms with E-state index in [1.54, 1.807) is 7.11 Å². The molecule has 3 aromatic rings. The predicted molar refractivity (Wildman–Crippen MR) is 113 cm³/mol. The van der Waals surface area contributed by atoms with Crippen LogP contribution in [0.5, 0.6) is 11.5 Å². The molecule has 0 unspecified atom stereocenters. The molecule has 1 aromatic heterocycles. The number of benzene rings is 2. The van der Waals surface area contributed by atoms with Crippen molar-refractivity contribution in [1.29, 1.82) is 0 Å². The number of ether oxygens (including phenoxy) is 2. The van der Waals surface area contributed by atoms with Crippen molar-refractivity contribution in [2.24, 2.45) is 0 Å². The van der Waals surface area contributed by atoms with Crippen LogP contribution in [-0.4, -0.2) is 30.2 Å². The molecule has 0 saturated carbocycles. The highest BCUT2D eigenvalue weighted by Crippen LogP contribution is 2.20. The average molecular weight is 378 g/mol. The molecule has 0 aliphatic rings. The van der Waals surface area contributed by atoms with Crippen molar-refractivity contribution in [2.75, 3.05) is 30.9 Å². The smallest absolute Gasteiger partial charge is 0.229 e. The molecular weight excluding hydrogens is 352 g/mol. The lowest BCUT2D eigenvalue weighted by Crippen LogP contribution is -2.08. The van der Waals surface area contributed by atoms with Gasteiger partial charge < -0.3 is 20.1 Å². The topological polar surface area (TPSA) is 68.3 Å². The fraction of sp³-hybridized carbons (Fsp3) is 0.273. The fourth-order valence-corrected chi connectivity index (χ4v) is 2.81. The summed E-state index contributed by atoms with van der Waals surface area (Å²) in [5.41, 5.74) is 3.02. The molecule has 146 valence electrons. The van der Waals surface area contributed by atoms with Crippen molar-refractivity contribution < 1.29 is 9.47 Å². The van der Waals surface area contributed by atoms with E-state index in [0.717, 1.165) is 41.7 Å². The summed E-state index contributed by atoms with van der Waals surface area (Å²) in [7, 11) is 1.68. The quantitative estimate of drug-likeness (QED) is 0.568. The second-order valence-corrected chi connectivity index (χ2v) is 6.33. The molecule has 0 radical (unpaired) electrons. The second kappa shape index (κ2) is 9.60. The number of nitrogens with one attached hydrogen (secondary N) is 2. The molecular formula is C22H26N4O2. The Balaban J connectivity index is 1.60. The Morgan fingerprint density at radius 3 is 2.54 bits per heavy atom. The number of nitrogens with zero attached hydrogens (tertiary/aromatic N) is 2. The van der Waals surface area contributed by atoms with E-state index in [0.29, 0.717) is 12.6 Å². The Kier molecular flexibility index (Phi) is 6.68. The minimum Gasteiger partial charge on any atom is -0.497 e. The Labute approximate surface area is 166 Å². The molecule has 2 N–H and O–H groups in total. The van der Waals surface area contributed by atoms with E-state index >= 15 is 0 Å². The van der Waals surface area contributed by atoms with Gasteiger partial charge in [-0.2, -0.15) is 4.98 Å². The van der Waals surface area contributed by atoms with E-state index in [1.807, 2.05) is 62.4 Å². The molecule has 3 rings (SSSR count). The lowest BCUT2D eigenvalue weighted by molar-refractivity contribution is 0.340. The molecule has 0 bridgehead atoms. The molecule has 0 aliphatic heterocycles. The van der Waals surface area contributed by atoms with E-state index in [2.05, 4.69) is 26.7 Å². The summed E-state index contributed by atoms with van der Waals surface area (Å²) in [4.78, 5) is 9.03. The second-order valence-electron chi connectivity index (χ2n) is 6.33. The maximum Gasteiger partial charge on any atom is 0.229 e. The standard InChI is InChI=1S/C22H26N4O2/c1-4-28-19-10-8-18(9-11-19)25-22-24-16(2)14-21(26-22)23-13-12-17-6-5-7-20(15-17)27-3/h5-11,14-15H,4,12-13H2,1-3H3,(H2,23,24,25,26). The normalized spacial score (nSPS) is 10.4. The van der Waals surface area contributed by atoms with Crippen molar-refractivity contribution in [1.82, 2.24) is 9.97 Å². The zero-order valence-electron chi connectivity index (χ0n) is 16.5. The Morgan fingerprint density at radius 1 is 0.964 bits per heavy atom. The van der Waals surface area contributed by atoms with Crippen LogP contribution >= 0.6 is 0 Å². The molecule has 1 heterocycles. The van der Waals surface area contributed by atoms with Crippen LogP contribution in [0.2, 0.25) is 0 Å². The summed E-state index contributed by atoms with van der Waals surface area (Å²) >= 11 is 0. The van der Waals surface area contributed by atoms with Gasteiger partial charge in [-0.05, 0) is 62.2 Å². The molecule has 0 saturated heterocycles. The van der Waals surface area contributed by atoms with Crippen molar-refractivity contribution in [3.63, 3.8) is 0 Å². The first-order chi connectivity index (χ1) is 13.7. The Hall–Kier alpha value is -3.28. The van der Waals surface area contributed by atoms with Crippen LogP contribution < -0.4 is 20.1 Å². The van der Waals surface area contributed by atoms with Gasteiger partial charge in [0.25, 0.3) is 0 Å². The lowest BCUT2D eigenvalue weighted by atomic mass is 10.1. The van der Waals surface area contributed by atoms with Gasteiger partial charge in [-0.1, -0.05) is 12.1 Å². The van der Waals surface area contributed by atoms with Gasteiger partial charge in [0.1, 0.15) is 17.3 Å². The fourth-order valence-electron chi connectivity index (χ4n) is 2.81. The van der Waals surface area contributed by atoms with Crippen molar-refractivity contribution in [2.45, 2.75) is 20.3 Å². The third kappa shape index (κ3) is 5.61. The number of aromatic nitrogens is 2. The number of anilines is 3. The maximum atomic E-state index is 5.47. The zero-order chi connectivity index (χ0) is 19.8. The van der Waals surface area contributed by atoms with E-state index in [-0.39, 0.29) is 0 Å². The van der Waals surface area contributed by atoms with Crippen molar-refractivity contribution >= 4 is 17.5 Å². The summed E-state index contributed by atoms with van der Waals surface area (Å²) in [5.74, 6) is 3.08. The highest BCUT2D eigenvalue weighted by Gasteiger charge is 2.04. The minimum atomic E-state index is 0.563. The van der Waals surface area contributed by atoms with Crippen molar-refractivity contribution in [3.8, 4) is 11.5 Å². The van der Waals surface area contributed by atoms with Crippen LogP contribution in [0.25, 0.3) is 0 Å². The molecule has 0 atom stereocenters. The first-order valence-electron chi connectivity index (χ1n) is 9.38. The molecule has 2 aromatic carbocycles. The number of rotatable bonds is 9. The molecule has 6 nitrogen and oxygen atoms in total. The monoisotopic (exact) mass is 378 g/mol. The number of hydrogen-bond acceptors (Lipinski definition) is 6. The van der Waals surface area contributed by atoms with Crippen LogP contribution in [0, 0.1) is 6.92 Å².